The van der Waals surface area contributed by atoms with Gasteiger partial charge in [0.2, 0.25) is 0 Å². The first-order chi connectivity index (χ1) is 14.2. The van der Waals surface area contributed by atoms with Crippen LogP contribution in [0, 0.1) is 17.8 Å². The standard InChI is InChI=1S/C25H34N2O2/c28-21(16-29-25-12-17-9-18(13-25)11-19(10-17)14-25)15-27-23-8-4-3-7-22(23)26-24(27)20-5-1-2-6-20/h3-4,7-8,17-21,28H,1-2,5-6,9-16H2. The average Bonchev–Trinajstić information content (AvgIpc) is 3.34. The van der Waals surface area contributed by atoms with Crippen molar-refractivity contribution in [2.75, 3.05) is 6.61 Å². The van der Waals surface area contributed by atoms with E-state index in [1.165, 1.54) is 70.0 Å². The van der Waals surface area contributed by atoms with Crippen molar-refractivity contribution in [2.24, 2.45) is 17.8 Å². The molecule has 1 heterocycles. The van der Waals surface area contributed by atoms with Crippen molar-refractivity contribution in [1.82, 2.24) is 9.55 Å². The fourth-order valence-electron chi connectivity index (χ4n) is 7.53. The number of hydrogen-bond donors (Lipinski definition) is 1. The van der Waals surface area contributed by atoms with E-state index in [-0.39, 0.29) is 5.60 Å². The van der Waals surface area contributed by atoms with E-state index in [0.29, 0.717) is 19.1 Å². The highest BCUT2D eigenvalue weighted by Crippen LogP contribution is 2.57. The zero-order chi connectivity index (χ0) is 19.4. The summed E-state index contributed by atoms with van der Waals surface area (Å²) in [5, 5.41) is 11.0. The fourth-order valence-corrected chi connectivity index (χ4v) is 7.53. The number of para-hydroxylation sites is 2. The number of rotatable bonds is 6. The first-order valence-electron chi connectivity index (χ1n) is 11.9. The molecule has 5 aliphatic carbocycles. The Labute approximate surface area is 173 Å². The van der Waals surface area contributed by atoms with Gasteiger partial charge in [-0.3, -0.25) is 0 Å². The van der Waals surface area contributed by atoms with Gasteiger partial charge in [0.1, 0.15) is 5.82 Å². The summed E-state index contributed by atoms with van der Waals surface area (Å²) in [4.78, 5) is 4.97. The smallest absolute Gasteiger partial charge is 0.113 e. The third-order valence-corrected chi connectivity index (χ3v) is 8.36. The lowest BCUT2D eigenvalue weighted by atomic mass is 9.54. The van der Waals surface area contributed by atoms with Crippen LogP contribution in [-0.2, 0) is 11.3 Å². The van der Waals surface area contributed by atoms with Gasteiger partial charge in [0.25, 0.3) is 0 Å². The Hall–Kier alpha value is -1.39. The molecule has 4 heteroatoms. The van der Waals surface area contributed by atoms with Crippen LogP contribution in [0.25, 0.3) is 11.0 Å². The van der Waals surface area contributed by atoms with E-state index in [0.717, 1.165) is 28.8 Å². The predicted octanol–water partition coefficient (Wildman–Crippen LogP) is 5.04. The molecule has 1 N–H and O–H groups in total. The van der Waals surface area contributed by atoms with E-state index in [4.69, 9.17) is 9.72 Å². The van der Waals surface area contributed by atoms with Gasteiger partial charge in [-0.2, -0.15) is 0 Å². The molecule has 0 saturated heterocycles. The largest absolute Gasteiger partial charge is 0.389 e. The second-order valence-corrected chi connectivity index (χ2v) is 10.6. The second kappa shape index (κ2) is 7.09. The molecule has 4 nitrogen and oxygen atoms in total. The summed E-state index contributed by atoms with van der Waals surface area (Å²) >= 11 is 0. The fraction of sp³-hybridized carbons (Fsp3) is 0.720. The number of aromatic nitrogens is 2. The molecule has 7 rings (SSSR count). The number of aliphatic hydroxyl groups excluding tert-OH is 1. The van der Waals surface area contributed by atoms with Gasteiger partial charge < -0.3 is 14.4 Å². The van der Waals surface area contributed by atoms with E-state index in [1.807, 2.05) is 0 Å². The van der Waals surface area contributed by atoms with Gasteiger partial charge in [-0.1, -0.05) is 25.0 Å². The molecular formula is C25H34N2O2. The maximum atomic E-state index is 11.0. The Morgan fingerprint density at radius 3 is 2.38 bits per heavy atom. The second-order valence-electron chi connectivity index (χ2n) is 10.6. The number of fused-ring (bicyclic) bond motifs is 1. The molecule has 0 spiro atoms. The highest BCUT2D eigenvalue weighted by Gasteiger charge is 2.51. The Balaban J connectivity index is 1.19. The molecule has 1 aromatic carbocycles. The van der Waals surface area contributed by atoms with Crippen LogP contribution in [0.3, 0.4) is 0 Å². The molecule has 29 heavy (non-hydrogen) atoms. The summed E-state index contributed by atoms with van der Waals surface area (Å²) in [5.74, 6) is 4.36. The van der Waals surface area contributed by atoms with E-state index >= 15 is 0 Å². The SMILES string of the molecule is OC(COC12CC3CC(CC(C3)C1)C2)Cn1c(C2CCCC2)nc2ccccc21. The van der Waals surface area contributed by atoms with Crippen LogP contribution in [-0.4, -0.2) is 33.0 Å². The minimum absolute atomic E-state index is 0.0705. The number of ether oxygens (including phenoxy) is 1. The number of hydrogen-bond acceptors (Lipinski definition) is 3. The highest BCUT2D eigenvalue weighted by molar-refractivity contribution is 5.76. The van der Waals surface area contributed by atoms with E-state index in [9.17, 15) is 5.11 Å². The molecule has 1 unspecified atom stereocenters. The average molecular weight is 395 g/mol. The molecule has 0 radical (unpaired) electrons. The highest BCUT2D eigenvalue weighted by atomic mass is 16.5. The minimum Gasteiger partial charge on any atom is -0.389 e. The molecule has 0 aliphatic heterocycles. The van der Waals surface area contributed by atoms with Crippen molar-refractivity contribution < 1.29 is 9.84 Å². The van der Waals surface area contributed by atoms with Crippen LogP contribution in [0.5, 0.6) is 0 Å². The summed E-state index contributed by atoms with van der Waals surface area (Å²) in [6.07, 6.45) is 12.5. The molecule has 5 fully saturated rings. The lowest BCUT2D eigenvalue weighted by Gasteiger charge is -2.56. The Kier molecular flexibility index (Phi) is 4.50. The van der Waals surface area contributed by atoms with Gasteiger partial charge in [0.15, 0.2) is 0 Å². The third-order valence-electron chi connectivity index (χ3n) is 8.36. The monoisotopic (exact) mass is 394 g/mol. The number of imidazole rings is 1. The zero-order valence-electron chi connectivity index (χ0n) is 17.4. The number of aliphatic hydroxyl groups is 1. The van der Waals surface area contributed by atoms with Gasteiger partial charge in [-0.15, -0.1) is 0 Å². The molecule has 1 atom stereocenters. The van der Waals surface area contributed by atoms with Crippen molar-refractivity contribution in [3.05, 3.63) is 30.1 Å². The topological polar surface area (TPSA) is 47.3 Å². The van der Waals surface area contributed by atoms with Crippen LogP contribution < -0.4 is 0 Å². The quantitative estimate of drug-likeness (QED) is 0.747. The maximum Gasteiger partial charge on any atom is 0.113 e. The van der Waals surface area contributed by atoms with E-state index in [1.54, 1.807) is 0 Å². The van der Waals surface area contributed by atoms with Gasteiger partial charge in [-0.05, 0) is 81.3 Å². The van der Waals surface area contributed by atoms with Crippen molar-refractivity contribution in [3.63, 3.8) is 0 Å². The molecule has 1 aromatic heterocycles. The minimum atomic E-state index is -0.472. The molecule has 156 valence electrons. The molecule has 2 aromatic rings. The van der Waals surface area contributed by atoms with E-state index < -0.39 is 6.10 Å². The van der Waals surface area contributed by atoms with Crippen LogP contribution in [0.4, 0.5) is 0 Å². The Bertz CT molecular complexity index is 847. The number of benzene rings is 1. The lowest BCUT2D eigenvalue weighted by molar-refractivity contribution is -0.175. The van der Waals surface area contributed by atoms with Gasteiger partial charge in [0, 0.05) is 5.92 Å². The first kappa shape index (κ1) is 18.4. The van der Waals surface area contributed by atoms with Crippen molar-refractivity contribution in [2.45, 2.75) is 88.4 Å². The van der Waals surface area contributed by atoms with Crippen LogP contribution in [0.1, 0.15) is 76.0 Å². The summed E-state index contributed by atoms with van der Waals surface area (Å²) < 4.78 is 8.84. The van der Waals surface area contributed by atoms with Gasteiger partial charge in [-0.25, -0.2) is 4.98 Å². The zero-order valence-corrected chi connectivity index (χ0v) is 17.4. The van der Waals surface area contributed by atoms with Crippen LogP contribution in [0.15, 0.2) is 24.3 Å². The molecule has 4 bridgehead atoms. The maximum absolute atomic E-state index is 11.0. The lowest BCUT2D eigenvalue weighted by Crippen LogP contribution is -2.52. The molecule has 5 saturated carbocycles. The van der Waals surface area contributed by atoms with Gasteiger partial charge in [0.05, 0.1) is 35.9 Å². The van der Waals surface area contributed by atoms with Gasteiger partial charge >= 0.3 is 0 Å². The Morgan fingerprint density at radius 2 is 1.69 bits per heavy atom. The van der Waals surface area contributed by atoms with Crippen LogP contribution in [0.2, 0.25) is 0 Å². The summed E-state index contributed by atoms with van der Waals surface area (Å²) in [6, 6.07) is 8.39. The summed E-state index contributed by atoms with van der Waals surface area (Å²) in [6.45, 7) is 1.06. The van der Waals surface area contributed by atoms with Crippen molar-refractivity contribution in [1.29, 1.82) is 0 Å². The molecular weight excluding hydrogens is 360 g/mol. The Morgan fingerprint density at radius 1 is 1.03 bits per heavy atom. The normalized spacial score (nSPS) is 35.0. The molecule has 0 amide bonds. The van der Waals surface area contributed by atoms with Crippen LogP contribution >= 0.6 is 0 Å². The summed E-state index contributed by atoms with van der Waals surface area (Å²) in [5.41, 5.74) is 2.29. The summed E-state index contributed by atoms with van der Waals surface area (Å²) in [7, 11) is 0. The van der Waals surface area contributed by atoms with E-state index in [2.05, 4.69) is 28.8 Å². The first-order valence-corrected chi connectivity index (χ1v) is 11.9. The number of nitrogens with zero attached hydrogens (tertiary/aromatic N) is 2. The van der Waals surface area contributed by atoms with Crippen molar-refractivity contribution >= 4 is 11.0 Å². The third kappa shape index (κ3) is 3.33. The molecule has 5 aliphatic rings. The van der Waals surface area contributed by atoms with Crippen molar-refractivity contribution in [3.8, 4) is 0 Å². The predicted molar refractivity (Wildman–Crippen MR) is 114 cm³/mol.